The number of aromatic amines is 1. The van der Waals surface area contributed by atoms with E-state index in [1.54, 1.807) is 6.20 Å². The van der Waals surface area contributed by atoms with E-state index in [9.17, 15) is 4.79 Å². The van der Waals surface area contributed by atoms with Crippen LogP contribution in [0, 0.1) is 6.92 Å². The Bertz CT molecular complexity index is 1030. The lowest BCUT2D eigenvalue weighted by Crippen LogP contribution is -2.23. The third kappa shape index (κ3) is 3.01. The summed E-state index contributed by atoms with van der Waals surface area (Å²) in [5.41, 5.74) is 4.99. The average Bonchev–Trinajstić information content (AvgIpc) is 3.26. The van der Waals surface area contributed by atoms with Gasteiger partial charge in [0.2, 0.25) is 0 Å². The lowest BCUT2D eigenvalue weighted by atomic mass is 10.1. The zero-order chi connectivity index (χ0) is 17.2. The maximum atomic E-state index is 12.5. The van der Waals surface area contributed by atoms with Crippen molar-refractivity contribution in [2.75, 3.05) is 0 Å². The number of pyridine rings is 1. The van der Waals surface area contributed by atoms with Crippen molar-refractivity contribution < 1.29 is 4.79 Å². The van der Waals surface area contributed by atoms with Crippen LogP contribution in [0.2, 0.25) is 0 Å². The molecule has 1 amide bonds. The Morgan fingerprint density at radius 3 is 2.92 bits per heavy atom. The first-order chi connectivity index (χ1) is 12.2. The molecule has 0 radical (unpaired) electrons. The molecule has 0 atom stereocenters. The van der Waals surface area contributed by atoms with Crippen LogP contribution in [-0.4, -0.2) is 25.5 Å². The number of hydrogen-bond acceptors (Lipinski definition) is 3. The van der Waals surface area contributed by atoms with Crippen LogP contribution in [0.3, 0.4) is 0 Å². The molecule has 6 nitrogen and oxygen atoms in total. The summed E-state index contributed by atoms with van der Waals surface area (Å²) in [6, 6.07) is 13.7. The number of nitrogens with one attached hydrogen (secondary N) is 2. The number of rotatable bonds is 4. The summed E-state index contributed by atoms with van der Waals surface area (Å²) in [6.45, 7) is 2.39. The van der Waals surface area contributed by atoms with Gasteiger partial charge in [-0.05, 0) is 24.6 Å². The van der Waals surface area contributed by atoms with Crippen LogP contribution in [0.25, 0.3) is 16.9 Å². The fraction of sp³-hybridized carbons (Fsp3) is 0.105. The number of amides is 1. The highest BCUT2D eigenvalue weighted by Crippen LogP contribution is 2.20. The first-order valence-electron chi connectivity index (χ1n) is 8.02. The molecule has 0 saturated heterocycles. The average molecular weight is 331 g/mol. The van der Waals surface area contributed by atoms with Crippen molar-refractivity contribution in [3.63, 3.8) is 0 Å². The van der Waals surface area contributed by atoms with E-state index in [0.29, 0.717) is 17.8 Å². The number of carbonyl (C=O) groups is 1. The van der Waals surface area contributed by atoms with Crippen LogP contribution < -0.4 is 5.32 Å². The Kier molecular flexibility index (Phi) is 3.78. The molecule has 1 aromatic carbocycles. The predicted octanol–water partition coefficient (Wildman–Crippen LogP) is 2.96. The quantitative estimate of drug-likeness (QED) is 0.604. The minimum absolute atomic E-state index is 0.180. The maximum absolute atomic E-state index is 12.5. The molecule has 3 heterocycles. The Balaban J connectivity index is 1.52. The summed E-state index contributed by atoms with van der Waals surface area (Å²) in [5.74, 6) is -0.180. The molecule has 124 valence electrons. The molecule has 3 aromatic heterocycles. The first kappa shape index (κ1) is 15.1. The maximum Gasteiger partial charge on any atom is 0.255 e. The van der Waals surface area contributed by atoms with Gasteiger partial charge in [-0.2, -0.15) is 5.10 Å². The standard InChI is InChI=1S/C19H17N5O/c1-13-7-8-24-12-15(22-17(24)9-13)10-20-19(25)16-11-21-23-18(16)14-5-3-2-4-6-14/h2-9,11-12H,10H2,1H3,(H,20,25)(H,21,23). The van der Waals surface area contributed by atoms with Gasteiger partial charge in [0.1, 0.15) is 5.65 Å². The van der Waals surface area contributed by atoms with E-state index in [1.165, 1.54) is 0 Å². The van der Waals surface area contributed by atoms with Gasteiger partial charge in [-0.15, -0.1) is 0 Å². The molecule has 0 fully saturated rings. The molecular weight excluding hydrogens is 314 g/mol. The molecule has 0 aliphatic rings. The van der Waals surface area contributed by atoms with Gasteiger partial charge in [-0.25, -0.2) is 4.98 Å². The smallest absolute Gasteiger partial charge is 0.255 e. The summed E-state index contributed by atoms with van der Waals surface area (Å²) in [7, 11) is 0. The molecule has 0 spiro atoms. The molecule has 0 aliphatic carbocycles. The van der Waals surface area contributed by atoms with E-state index in [0.717, 1.165) is 22.5 Å². The van der Waals surface area contributed by atoms with Crippen LogP contribution in [0.1, 0.15) is 21.6 Å². The molecule has 4 aromatic rings. The molecule has 0 unspecified atom stereocenters. The highest BCUT2D eigenvalue weighted by Gasteiger charge is 2.15. The molecule has 0 saturated carbocycles. The molecule has 0 aliphatic heterocycles. The second kappa shape index (κ2) is 6.24. The molecule has 25 heavy (non-hydrogen) atoms. The van der Waals surface area contributed by atoms with Crippen molar-refractivity contribution in [3.8, 4) is 11.3 Å². The largest absolute Gasteiger partial charge is 0.346 e. The molecule has 6 heteroatoms. The zero-order valence-electron chi connectivity index (χ0n) is 13.7. The van der Waals surface area contributed by atoms with Crippen molar-refractivity contribution in [3.05, 3.63) is 77.9 Å². The van der Waals surface area contributed by atoms with Crippen LogP contribution in [0.15, 0.2) is 61.1 Å². The second-order valence-corrected chi connectivity index (χ2v) is 5.91. The van der Waals surface area contributed by atoms with E-state index >= 15 is 0 Å². The van der Waals surface area contributed by atoms with E-state index < -0.39 is 0 Å². The summed E-state index contributed by atoms with van der Waals surface area (Å²) in [5, 5.41) is 9.82. The summed E-state index contributed by atoms with van der Waals surface area (Å²) in [6.07, 6.45) is 5.43. The summed E-state index contributed by atoms with van der Waals surface area (Å²) < 4.78 is 1.95. The number of benzene rings is 1. The Morgan fingerprint density at radius 1 is 1.24 bits per heavy atom. The van der Waals surface area contributed by atoms with Crippen LogP contribution in [0.5, 0.6) is 0 Å². The number of aromatic nitrogens is 4. The van der Waals surface area contributed by atoms with Crippen molar-refractivity contribution in [2.24, 2.45) is 0 Å². The Labute approximate surface area is 144 Å². The summed E-state index contributed by atoms with van der Waals surface area (Å²) in [4.78, 5) is 17.1. The lowest BCUT2D eigenvalue weighted by Gasteiger charge is -2.04. The fourth-order valence-corrected chi connectivity index (χ4v) is 2.77. The number of nitrogens with zero attached hydrogens (tertiary/aromatic N) is 3. The first-order valence-corrected chi connectivity index (χ1v) is 8.02. The van der Waals surface area contributed by atoms with Crippen molar-refractivity contribution in [1.29, 1.82) is 0 Å². The Hall–Kier alpha value is -3.41. The third-order valence-corrected chi connectivity index (χ3v) is 4.04. The highest BCUT2D eigenvalue weighted by atomic mass is 16.1. The van der Waals surface area contributed by atoms with Crippen LogP contribution >= 0.6 is 0 Å². The zero-order valence-corrected chi connectivity index (χ0v) is 13.7. The third-order valence-electron chi connectivity index (χ3n) is 4.04. The number of carbonyl (C=O) groups excluding carboxylic acids is 1. The number of H-pyrrole nitrogens is 1. The van der Waals surface area contributed by atoms with Gasteiger partial charge in [-0.1, -0.05) is 30.3 Å². The van der Waals surface area contributed by atoms with Gasteiger partial charge in [0.15, 0.2) is 0 Å². The van der Waals surface area contributed by atoms with Crippen molar-refractivity contribution >= 4 is 11.6 Å². The van der Waals surface area contributed by atoms with Gasteiger partial charge in [-0.3, -0.25) is 9.89 Å². The fourth-order valence-electron chi connectivity index (χ4n) is 2.77. The molecule has 4 rings (SSSR count). The van der Waals surface area contributed by atoms with Gasteiger partial charge in [0.05, 0.1) is 29.7 Å². The lowest BCUT2D eigenvalue weighted by molar-refractivity contribution is 0.0951. The van der Waals surface area contributed by atoms with E-state index in [-0.39, 0.29) is 5.91 Å². The van der Waals surface area contributed by atoms with Gasteiger partial charge in [0.25, 0.3) is 5.91 Å². The predicted molar refractivity (Wildman–Crippen MR) is 95.1 cm³/mol. The highest BCUT2D eigenvalue weighted by molar-refractivity contribution is 5.99. The van der Waals surface area contributed by atoms with Crippen LogP contribution in [0.4, 0.5) is 0 Å². The minimum atomic E-state index is -0.180. The number of fused-ring (bicyclic) bond motifs is 1. The minimum Gasteiger partial charge on any atom is -0.346 e. The number of imidazole rings is 1. The molecule has 0 bridgehead atoms. The van der Waals surface area contributed by atoms with Crippen LogP contribution in [-0.2, 0) is 6.54 Å². The van der Waals surface area contributed by atoms with Gasteiger partial charge in [0, 0.05) is 18.0 Å². The monoisotopic (exact) mass is 331 g/mol. The van der Waals surface area contributed by atoms with Crippen molar-refractivity contribution in [1.82, 2.24) is 24.9 Å². The molecular formula is C19H17N5O. The number of aryl methyl sites for hydroxylation is 1. The van der Waals surface area contributed by atoms with Gasteiger partial charge < -0.3 is 9.72 Å². The normalized spacial score (nSPS) is 10.9. The summed E-state index contributed by atoms with van der Waals surface area (Å²) >= 11 is 0. The van der Waals surface area contributed by atoms with E-state index in [1.807, 2.05) is 66.2 Å². The van der Waals surface area contributed by atoms with Crippen molar-refractivity contribution in [2.45, 2.75) is 13.5 Å². The SMILES string of the molecule is Cc1ccn2cc(CNC(=O)c3cn[nH]c3-c3ccccc3)nc2c1. The van der Waals surface area contributed by atoms with E-state index in [2.05, 4.69) is 20.5 Å². The van der Waals surface area contributed by atoms with Gasteiger partial charge >= 0.3 is 0 Å². The second-order valence-electron chi connectivity index (χ2n) is 5.91. The Morgan fingerprint density at radius 2 is 2.08 bits per heavy atom. The van der Waals surface area contributed by atoms with E-state index in [4.69, 9.17) is 0 Å². The topological polar surface area (TPSA) is 75.1 Å². The number of hydrogen-bond donors (Lipinski definition) is 2. The molecule has 2 N–H and O–H groups in total.